The van der Waals surface area contributed by atoms with Crippen LogP contribution in [0.3, 0.4) is 0 Å². The maximum Gasteiger partial charge on any atom is 0.270 e. The number of rotatable bonds is 3. The van der Waals surface area contributed by atoms with Gasteiger partial charge < -0.3 is 5.32 Å². The van der Waals surface area contributed by atoms with Crippen LogP contribution in [0.25, 0.3) is 0 Å². The van der Waals surface area contributed by atoms with E-state index in [1.807, 2.05) is 11.8 Å². The van der Waals surface area contributed by atoms with Crippen LogP contribution in [0, 0.1) is 10.1 Å². The molecule has 4 rings (SSSR count). The van der Waals surface area contributed by atoms with E-state index in [4.69, 9.17) is 0 Å². The zero-order valence-corrected chi connectivity index (χ0v) is 16.0. The monoisotopic (exact) mass is 406 g/mol. The van der Waals surface area contributed by atoms with Crippen molar-refractivity contribution >= 4 is 40.9 Å². The first kappa shape index (κ1) is 18.2. The van der Waals surface area contributed by atoms with Crippen LogP contribution < -0.4 is 10.9 Å². The molecule has 2 aliphatic rings. The van der Waals surface area contributed by atoms with Crippen molar-refractivity contribution in [2.75, 3.05) is 22.6 Å². The lowest BCUT2D eigenvalue weighted by Gasteiger charge is -2.24. The maximum atomic E-state index is 12.8. The number of nitrogens with one attached hydrogen (secondary N) is 2. The van der Waals surface area contributed by atoms with E-state index >= 15 is 0 Å². The number of nitro benzene ring substituents is 1. The van der Waals surface area contributed by atoms with Crippen molar-refractivity contribution in [1.29, 1.82) is 0 Å². The molecule has 0 spiro atoms. The SMILES string of the molecule is O=C1CSC(c2cccc([N+](=O)[O-])c2)c2c(n(C3CCSCC3)[nH]c2=O)N1. The van der Waals surface area contributed by atoms with Gasteiger partial charge in [-0.05, 0) is 29.9 Å². The Morgan fingerprint density at radius 2 is 2.00 bits per heavy atom. The summed E-state index contributed by atoms with van der Waals surface area (Å²) in [6, 6.07) is 6.41. The number of anilines is 1. The van der Waals surface area contributed by atoms with Gasteiger partial charge in [0.25, 0.3) is 11.2 Å². The first-order chi connectivity index (χ1) is 13.0. The quantitative estimate of drug-likeness (QED) is 0.599. The fraction of sp³-hybridized carbons (Fsp3) is 0.412. The minimum Gasteiger partial charge on any atom is -0.310 e. The predicted molar refractivity (Wildman–Crippen MR) is 107 cm³/mol. The molecule has 1 unspecified atom stereocenters. The largest absolute Gasteiger partial charge is 0.310 e. The van der Waals surface area contributed by atoms with Crippen LogP contribution in [-0.4, -0.2) is 37.9 Å². The Morgan fingerprint density at radius 3 is 2.74 bits per heavy atom. The third kappa shape index (κ3) is 3.51. The number of amides is 1. The summed E-state index contributed by atoms with van der Waals surface area (Å²) >= 11 is 3.19. The number of benzene rings is 1. The van der Waals surface area contributed by atoms with Crippen LogP contribution in [0.15, 0.2) is 29.1 Å². The van der Waals surface area contributed by atoms with Crippen LogP contribution in [0.2, 0.25) is 0 Å². The number of hydrogen-bond acceptors (Lipinski definition) is 6. The molecule has 1 aromatic carbocycles. The van der Waals surface area contributed by atoms with Gasteiger partial charge in [0.15, 0.2) is 0 Å². The number of fused-ring (bicyclic) bond motifs is 1. The number of thioether (sulfide) groups is 2. The Kier molecular flexibility index (Phi) is 5.00. The molecule has 142 valence electrons. The van der Waals surface area contributed by atoms with Crippen LogP contribution >= 0.6 is 23.5 Å². The maximum absolute atomic E-state index is 12.8. The van der Waals surface area contributed by atoms with Gasteiger partial charge in [-0.15, -0.1) is 11.8 Å². The number of non-ortho nitro benzene ring substituents is 1. The molecule has 1 saturated heterocycles. The Hall–Kier alpha value is -2.20. The lowest BCUT2D eigenvalue weighted by atomic mass is 10.1. The Balaban J connectivity index is 1.82. The molecule has 1 amide bonds. The van der Waals surface area contributed by atoms with E-state index in [9.17, 15) is 19.7 Å². The minimum absolute atomic E-state index is 0.0293. The first-order valence-corrected chi connectivity index (χ1v) is 10.8. The number of nitrogens with zero attached hydrogens (tertiary/aromatic N) is 2. The zero-order valence-electron chi connectivity index (χ0n) is 14.3. The number of hydrogen-bond donors (Lipinski definition) is 2. The number of nitro groups is 1. The van der Waals surface area contributed by atoms with Crippen LogP contribution in [0.4, 0.5) is 11.5 Å². The first-order valence-electron chi connectivity index (χ1n) is 8.62. The van der Waals surface area contributed by atoms with Gasteiger partial charge >= 0.3 is 0 Å². The van der Waals surface area contributed by atoms with Crippen molar-refractivity contribution in [3.05, 3.63) is 55.9 Å². The van der Waals surface area contributed by atoms with Gasteiger partial charge in [-0.1, -0.05) is 12.1 Å². The van der Waals surface area contributed by atoms with E-state index in [1.165, 1.54) is 23.9 Å². The third-order valence-corrected chi connectivity index (χ3v) is 7.12. The molecule has 0 aliphatic carbocycles. The average Bonchev–Trinajstić information content (AvgIpc) is 2.88. The van der Waals surface area contributed by atoms with Crippen molar-refractivity contribution in [2.45, 2.75) is 24.1 Å². The molecular weight excluding hydrogens is 388 g/mol. The van der Waals surface area contributed by atoms with Crippen molar-refractivity contribution in [1.82, 2.24) is 9.78 Å². The van der Waals surface area contributed by atoms with E-state index in [0.717, 1.165) is 24.3 Å². The number of carbonyl (C=O) groups is 1. The van der Waals surface area contributed by atoms with Gasteiger partial charge in [-0.3, -0.25) is 29.5 Å². The predicted octanol–water partition coefficient (Wildman–Crippen LogP) is 2.93. The molecule has 0 saturated carbocycles. The van der Waals surface area contributed by atoms with Crippen LogP contribution in [-0.2, 0) is 4.79 Å². The number of aromatic amines is 1. The van der Waals surface area contributed by atoms with Gasteiger partial charge in [-0.25, -0.2) is 0 Å². The second-order valence-corrected chi connectivity index (χ2v) is 8.83. The lowest BCUT2D eigenvalue weighted by molar-refractivity contribution is -0.384. The molecule has 2 N–H and O–H groups in total. The Morgan fingerprint density at radius 1 is 1.22 bits per heavy atom. The molecule has 0 bridgehead atoms. The Labute approximate surface area is 163 Å². The van der Waals surface area contributed by atoms with Crippen molar-refractivity contribution < 1.29 is 9.72 Å². The van der Waals surface area contributed by atoms with Crippen LogP contribution in [0.1, 0.15) is 35.3 Å². The molecule has 1 atom stereocenters. The molecule has 1 aromatic heterocycles. The van der Waals surface area contributed by atoms with Crippen molar-refractivity contribution in [3.8, 4) is 0 Å². The molecular formula is C17H18N4O4S2. The topological polar surface area (TPSA) is 110 Å². The summed E-state index contributed by atoms with van der Waals surface area (Å²) in [5.41, 5.74) is 0.826. The second kappa shape index (κ2) is 7.43. The summed E-state index contributed by atoms with van der Waals surface area (Å²) in [6.07, 6.45) is 1.85. The van der Waals surface area contributed by atoms with E-state index in [0.29, 0.717) is 16.9 Å². The van der Waals surface area contributed by atoms with Gasteiger partial charge in [0.05, 0.1) is 27.5 Å². The standard InChI is InChI=1S/C17H18N4O4S2/c22-13-9-27-15(10-2-1-3-12(8-10)21(24)25)14-16(18-13)20(19-17(14)23)11-4-6-26-7-5-11/h1-3,8,11,15H,4-7,9H2,(H,18,22)(H,19,23). The van der Waals surface area contributed by atoms with Crippen molar-refractivity contribution in [3.63, 3.8) is 0 Å². The highest BCUT2D eigenvalue weighted by Crippen LogP contribution is 2.42. The molecule has 0 radical (unpaired) electrons. The molecule has 3 heterocycles. The highest BCUT2D eigenvalue weighted by Gasteiger charge is 2.33. The van der Waals surface area contributed by atoms with E-state index in [-0.39, 0.29) is 28.9 Å². The molecule has 2 aliphatic heterocycles. The number of aromatic nitrogens is 2. The summed E-state index contributed by atoms with van der Waals surface area (Å²) in [5.74, 6) is 2.53. The molecule has 8 nitrogen and oxygen atoms in total. The summed E-state index contributed by atoms with van der Waals surface area (Å²) in [7, 11) is 0. The number of carbonyl (C=O) groups excluding carboxylic acids is 1. The molecule has 10 heteroatoms. The molecule has 2 aromatic rings. The summed E-state index contributed by atoms with van der Waals surface area (Å²) in [6.45, 7) is 0. The highest BCUT2D eigenvalue weighted by molar-refractivity contribution is 8.00. The van der Waals surface area contributed by atoms with E-state index < -0.39 is 10.2 Å². The normalized spacial score (nSPS) is 20.6. The third-order valence-electron chi connectivity index (χ3n) is 4.80. The fourth-order valence-electron chi connectivity index (χ4n) is 3.53. The van der Waals surface area contributed by atoms with Gasteiger partial charge in [0.2, 0.25) is 5.91 Å². The van der Waals surface area contributed by atoms with Crippen molar-refractivity contribution in [2.24, 2.45) is 0 Å². The minimum atomic E-state index is -0.454. The smallest absolute Gasteiger partial charge is 0.270 e. The van der Waals surface area contributed by atoms with Gasteiger partial charge in [-0.2, -0.15) is 11.8 Å². The fourth-order valence-corrected chi connectivity index (χ4v) is 5.72. The second-order valence-electron chi connectivity index (χ2n) is 6.51. The van der Waals surface area contributed by atoms with E-state index in [1.54, 1.807) is 16.8 Å². The average molecular weight is 406 g/mol. The summed E-state index contributed by atoms with van der Waals surface area (Å²) in [5, 5.41) is 16.5. The molecule has 27 heavy (non-hydrogen) atoms. The number of H-pyrrole nitrogens is 1. The van der Waals surface area contributed by atoms with E-state index in [2.05, 4.69) is 10.4 Å². The highest BCUT2D eigenvalue weighted by atomic mass is 32.2. The van der Waals surface area contributed by atoms with Crippen LogP contribution in [0.5, 0.6) is 0 Å². The summed E-state index contributed by atoms with van der Waals surface area (Å²) in [4.78, 5) is 35.8. The lowest BCUT2D eigenvalue weighted by Crippen LogP contribution is -2.22. The van der Waals surface area contributed by atoms with Gasteiger partial charge in [0.1, 0.15) is 5.82 Å². The Bertz CT molecular complexity index is 949. The van der Waals surface area contributed by atoms with Gasteiger partial charge in [0, 0.05) is 12.1 Å². The summed E-state index contributed by atoms with van der Waals surface area (Å²) < 4.78 is 1.80. The zero-order chi connectivity index (χ0) is 19.0. The molecule has 1 fully saturated rings.